The highest BCUT2D eigenvalue weighted by molar-refractivity contribution is 5.87. The van der Waals surface area contributed by atoms with Crippen LogP contribution in [0.5, 0.6) is 0 Å². The van der Waals surface area contributed by atoms with E-state index in [9.17, 15) is 4.79 Å². The molecule has 4 fully saturated rings. The fourth-order valence-electron chi connectivity index (χ4n) is 5.28. The molecule has 2 atom stereocenters. The van der Waals surface area contributed by atoms with Crippen molar-refractivity contribution in [1.82, 2.24) is 19.4 Å². The average molecular weight is 357 g/mol. The minimum absolute atomic E-state index is 0.222. The van der Waals surface area contributed by atoms with Gasteiger partial charge in [-0.3, -0.25) is 9.69 Å². The van der Waals surface area contributed by atoms with E-state index in [2.05, 4.69) is 34.4 Å². The van der Waals surface area contributed by atoms with E-state index in [0.29, 0.717) is 18.0 Å². The van der Waals surface area contributed by atoms with Gasteiger partial charge in [0.25, 0.3) is 0 Å². The molecule has 5 nitrogen and oxygen atoms in total. The molecule has 0 bridgehead atoms. The van der Waals surface area contributed by atoms with Crippen molar-refractivity contribution in [1.29, 1.82) is 0 Å². The molecular formula is C21H32N4O. The standard InChI is InChI=1S/C21H32N4O/c1-15(2)25-12-19(22-14-25)18-11-24(17-4-3-5-17)13-21(18)8-9-23(20(21)26)10-16-6-7-16/h12,14-18H,3-11,13H2,1-2H3/t18-,21+/m0/s1. The minimum atomic E-state index is -0.222. The van der Waals surface area contributed by atoms with E-state index in [4.69, 9.17) is 4.98 Å². The average Bonchev–Trinajstić information content (AvgIpc) is 3.00. The van der Waals surface area contributed by atoms with E-state index in [1.54, 1.807) is 0 Å². The molecule has 0 N–H and O–H groups in total. The van der Waals surface area contributed by atoms with Gasteiger partial charge in [0.1, 0.15) is 0 Å². The van der Waals surface area contributed by atoms with Gasteiger partial charge in [-0.05, 0) is 51.9 Å². The summed E-state index contributed by atoms with van der Waals surface area (Å²) in [6.07, 6.45) is 11.8. The van der Waals surface area contributed by atoms with Crippen molar-refractivity contribution in [3.63, 3.8) is 0 Å². The number of nitrogens with zero attached hydrogens (tertiary/aromatic N) is 4. The maximum absolute atomic E-state index is 13.6. The van der Waals surface area contributed by atoms with Gasteiger partial charge in [0.2, 0.25) is 5.91 Å². The Hall–Kier alpha value is -1.36. The largest absolute Gasteiger partial charge is 0.342 e. The van der Waals surface area contributed by atoms with Gasteiger partial charge in [0, 0.05) is 50.4 Å². The summed E-state index contributed by atoms with van der Waals surface area (Å²) >= 11 is 0. The molecule has 2 aliphatic heterocycles. The topological polar surface area (TPSA) is 41.4 Å². The smallest absolute Gasteiger partial charge is 0.230 e. The molecule has 1 spiro atoms. The first-order chi connectivity index (χ1) is 12.6. The fraction of sp³-hybridized carbons (Fsp3) is 0.810. The predicted octanol–water partition coefficient (Wildman–Crippen LogP) is 3.04. The maximum Gasteiger partial charge on any atom is 0.230 e. The molecule has 2 saturated heterocycles. The number of likely N-dealkylation sites (tertiary alicyclic amines) is 2. The monoisotopic (exact) mass is 356 g/mol. The Morgan fingerprint density at radius 1 is 1.27 bits per heavy atom. The first-order valence-electron chi connectivity index (χ1n) is 10.6. The Labute approximate surface area is 156 Å². The van der Waals surface area contributed by atoms with Gasteiger partial charge in [-0.2, -0.15) is 0 Å². The molecule has 3 heterocycles. The van der Waals surface area contributed by atoms with E-state index >= 15 is 0 Å². The Bertz CT molecular complexity index is 690. The number of amides is 1. The summed E-state index contributed by atoms with van der Waals surface area (Å²) in [7, 11) is 0. The summed E-state index contributed by atoms with van der Waals surface area (Å²) in [5, 5.41) is 0. The normalized spacial score (nSPS) is 33.0. The van der Waals surface area contributed by atoms with Crippen molar-refractivity contribution in [3.05, 3.63) is 18.2 Å². The number of aromatic nitrogens is 2. The van der Waals surface area contributed by atoms with Crippen molar-refractivity contribution in [2.45, 2.75) is 70.4 Å². The molecule has 4 aliphatic rings. The second-order valence-corrected chi connectivity index (χ2v) is 9.51. The molecule has 26 heavy (non-hydrogen) atoms. The molecule has 5 rings (SSSR count). The van der Waals surface area contributed by atoms with Crippen molar-refractivity contribution >= 4 is 5.91 Å². The number of carbonyl (C=O) groups excluding carboxylic acids is 1. The number of imidazole rings is 1. The van der Waals surface area contributed by atoms with Gasteiger partial charge in [-0.15, -0.1) is 0 Å². The van der Waals surface area contributed by atoms with Crippen LogP contribution >= 0.6 is 0 Å². The summed E-state index contributed by atoms with van der Waals surface area (Å²) in [6, 6.07) is 1.12. The quantitative estimate of drug-likeness (QED) is 0.814. The van der Waals surface area contributed by atoms with Crippen molar-refractivity contribution in [3.8, 4) is 0 Å². The van der Waals surface area contributed by atoms with E-state index in [-0.39, 0.29) is 11.3 Å². The zero-order valence-electron chi connectivity index (χ0n) is 16.2. The zero-order valence-corrected chi connectivity index (χ0v) is 16.2. The van der Waals surface area contributed by atoms with Crippen molar-refractivity contribution < 1.29 is 4.79 Å². The van der Waals surface area contributed by atoms with Crippen LogP contribution in [-0.2, 0) is 4.79 Å². The number of hydrogen-bond acceptors (Lipinski definition) is 3. The van der Waals surface area contributed by atoms with Crippen LogP contribution in [0.1, 0.15) is 70.0 Å². The maximum atomic E-state index is 13.6. The molecule has 1 aromatic rings. The van der Waals surface area contributed by atoms with Crippen LogP contribution in [0.2, 0.25) is 0 Å². The minimum Gasteiger partial charge on any atom is -0.342 e. The lowest BCUT2D eigenvalue weighted by Crippen LogP contribution is -2.43. The second kappa shape index (κ2) is 6.08. The molecule has 0 aromatic carbocycles. The molecular weight excluding hydrogens is 324 g/mol. The third-order valence-corrected chi connectivity index (χ3v) is 7.45. The number of hydrogen-bond donors (Lipinski definition) is 0. The molecule has 5 heteroatoms. The fourth-order valence-corrected chi connectivity index (χ4v) is 5.28. The van der Waals surface area contributed by atoms with Gasteiger partial charge in [0.05, 0.1) is 17.4 Å². The Morgan fingerprint density at radius 3 is 2.69 bits per heavy atom. The number of carbonyl (C=O) groups is 1. The molecule has 2 saturated carbocycles. The first kappa shape index (κ1) is 16.8. The van der Waals surface area contributed by atoms with Crippen LogP contribution in [0.4, 0.5) is 0 Å². The molecule has 1 aromatic heterocycles. The van der Waals surface area contributed by atoms with Gasteiger partial charge >= 0.3 is 0 Å². The van der Waals surface area contributed by atoms with E-state index in [1.807, 2.05) is 6.33 Å². The number of rotatable bonds is 5. The SMILES string of the molecule is CC(C)n1cnc([C@@H]2CN(C3CCC3)C[C@]23CCN(CC2CC2)C3=O)c1. The lowest BCUT2D eigenvalue weighted by Gasteiger charge is -2.35. The summed E-state index contributed by atoms with van der Waals surface area (Å²) in [6.45, 7) is 8.30. The molecule has 2 aliphatic carbocycles. The van der Waals surface area contributed by atoms with Crippen LogP contribution in [0.25, 0.3) is 0 Å². The predicted molar refractivity (Wildman–Crippen MR) is 101 cm³/mol. The summed E-state index contributed by atoms with van der Waals surface area (Å²) < 4.78 is 2.19. The Morgan fingerprint density at radius 2 is 2.08 bits per heavy atom. The van der Waals surface area contributed by atoms with Crippen LogP contribution in [0.3, 0.4) is 0 Å². The third-order valence-electron chi connectivity index (χ3n) is 7.45. The Balaban J connectivity index is 1.44. The Kier molecular flexibility index (Phi) is 3.93. The first-order valence-corrected chi connectivity index (χ1v) is 10.6. The van der Waals surface area contributed by atoms with E-state index in [1.165, 1.54) is 32.1 Å². The van der Waals surface area contributed by atoms with E-state index in [0.717, 1.165) is 44.2 Å². The highest BCUT2D eigenvalue weighted by Crippen LogP contribution is 2.51. The molecule has 0 radical (unpaired) electrons. The lowest BCUT2D eigenvalue weighted by molar-refractivity contribution is -0.136. The highest BCUT2D eigenvalue weighted by atomic mass is 16.2. The van der Waals surface area contributed by atoms with Gasteiger partial charge in [-0.1, -0.05) is 6.42 Å². The van der Waals surface area contributed by atoms with Gasteiger partial charge in [0.15, 0.2) is 0 Å². The second-order valence-electron chi connectivity index (χ2n) is 9.51. The third kappa shape index (κ3) is 2.62. The summed E-state index contributed by atoms with van der Waals surface area (Å²) in [5.41, 5.74) is 0.919. The molecule has 1 amide bonds. The summed E-state index contributed by atoms with van der Waals surface area (Å²) in [5.74, 6) is 1.46. The lowest BCUT2D eigenvalue weighted by atomic mass is 9.75. The summed E-state index contributed by atoms with van der Waals surface area (Å²) in [4.78, 5) is 23.1. The van der Waals surface area contributed by atoms with Crippen LogP contribution in [0.15, 0.2) is 12.5 Å². The highest BCUT2D eigenvalue weighted by Gasteiger charge is 2.59. The van der Waals surface area contributed by atoms with Crippen LogP contribution < -0.4 is 0 Å². The molecule has 142 valence electrons. The van der Waals surface area contributed by atoms with Crippen molar-refractivity contribution in [2.24, 2.45) is 11.3 Å². The van der Waals surface area contributed by atoms with Crippen molar-refractivity contribution in [2.75, 3.05) is 26.2 Å². The van der Waals surface area contributed by atoms with Gasteiger partial charge in [-0.25, -0.2) is 4.98 Å². The van der Waals surface area contributed by atoms with E-state index < -0.39 is 0 Å². The van der Waals surface area contributed by atoms with Gasteiger partial charge < -0.3 is 9.47 Å². The van der Waals surface area contributed by atoms with Crippen LogP contribution in [0, 0.1) is 11.3 Å². The molecule has 0 unspecified atom stereocenters. The van der Waals surface area contributed by atoms with Crippen LogP contribution in [-0.4, -0.2) is 57.5 Å². The zero-order chi connectivity index (χ0) is 17.9.